The van der Waals surface area contributed by atoms with Gasteiger partial charge in [0.05, 0.1) is 11.9 Å². The fourth-order valence-electron chi connectivity index (χ4n) is 2.07. The van der Waals surface area contributed by atoms with Gasteiger partial charge in [-0.05, 0) is 18.2 Å². The fourth-order valence-corrected chi connectivity index (χ4v) is 2.07. The lowest BCUT2D eigenvalue weighted by Crippen LogP contribution is -1.91. The van der Waals surface area contributed by atoms with Crippen LogP contribution < -0.4 is 5.43 Å². The number of benzene rings is 2. The molecule has 3 rings (SSSR count). The molecule has 2 aromatic carbocycles. The Kier molecular flexibility index (Phi) is 3.17. The Morgan fingerprint density at radius 1 is 1.05 bits per heavy atom. The van der Waals surface area contributed by atoms with Gasteiger partial charge >= 0.3 is 0 Å². The van der Waals surface area contributed by atoms with E-state index in [0.717, 1.165) is 22.2 Å². The Morgan fingerprint density at radius 3 is 2.60 bits per heavy atom. The van der Waals surface area contributed by atoms with E-state index >= 15 is 0 Å². The standard InChI is InChI=1S/C16H12N4/c17-10-16-14(13-8-4-5-9-15(13)19-16)11-18-20-12-6-2-1-3-7-12/h1-9,11,19-20H. The van der Waals surface area contributed by atoms with Crippen LogP contribution in [0.15, 0.2) is 59.7 Å². The zero-order valence-electron chi connectivity index (χ0n) is 10.7. The number of fused-ring (bicyclic) bond motifs is 1. The maximum atomic E-state index is 9.17. The maximum absolute atomic E-state index is 9.17. The summed E-state index contributed by atoms with van der Waals surface area (Å²) in [6, 6.07) is 19.6. The number of rotatable bonds is 3. The van der Waals surface area contributed by atoms with E-state index in [0.29, 0.717) is 5.69 Å². The van der Waals surface area contributed by atoms with Gasteiger partial charge in [-0.25, -0.2) is 0 Å². The normalized spacial score (nSPS) is 10.8. The SMILES string of the molecule is N#Cc1[nH]c2ccccc2c1C=NNc1ccccc1. The summed E-state index contributed by atoms with van der Waals surface area (Å²) in [7, 11) is 0. The van der Waals surface area contributed by atoms with Crippen LogP contribution in [0.2, 0.25) is 0 Å². The number of anilines is 1. The molecule has 3 aromatic rings. The first-order chi connectivity index (χ1) is 9.88. The molecule has 96 valence electrons. The van der Waals surface area contributed by atoms with E-state index in [2.05, 4.69) is 21.6 Å². The van der Waals surface area contributed by atoms with Crippen molar-refractivity contribution in [3.63, 3.8) is 0 Å². The third-order valence-electron chi connectivity index (χ3n) is 3.02. The molecule has 0 aliphatic rings. The van der Waals surface area contributed by atoms with Crippen molar-refractivity contribution in [1.29, 1.82) is 5.26 Å². The van der Waals surface area contributed by atoms with Crippen LogP contribution in [-0.4, -0.2) is 11.2 Å². The number of nitrogens with zero attached hydrogens (tertiary/aromatic N) is 2. The first kappa shape index (κ1) is 12.0. The molecule has 0 spiro atoms. The van der Waals surface area contributed by atoms with Crippen LogP contribution in [0.4, 0.5) is 5.69 Å². The van der Waals surface area contributed by atoms with E-state index in [-0.39, 0.29) is 0 Å². The highest BCUT2D eigenvalue weighted by Crippen LogP contribution is 2.20. The Morgan fingerprint density at radius 2 is 1.80 bits per heavy atom. The monoisotopic (exact) mass is 260 g/mol. The Hall–Kier alpha value is -3.06. The molecular weight excluding hydrogens is 248 g/mol. The number of nitriles is 1. The predicted octanol–water partition coefficient (Wildman–Crippen LogP) is 3.49. The second kappa shape index (κ2) is 5.29. The number of aromatic amines is 1. The fraction of sp³-hybridized carbons (Fsp3) is 0. The molecule has 0 amide bonds. The lowest BCUT2D eigenvalue weighted by atomic mass is 10.1. The van der Waals surface area contributed by atoms with Crippen molar-refractivity contribution in [2.24, 2.45) is 5.10 Å². The summed E-state index contributed by atoms with van der Waals surface area (Å²) in [5.41, 5.74) is 6.10. The number of aromatic nitrogens is 1. The van der Waals surface area contributed by atoms with Crippen LogP contribution in [0.5, 0.6) is 0 Å². The molecule has 1 heterocycles. The molecule has 1 aromatic heterocycles. The van der Waals surface area contributed by atoms with Crippen LogP contribution in [0.25, 0.3) is 10.9 Å². The van der Waals surface area contributed by atoms with Crippen molar-refractivity contribution in [3.05, 3.63) is 65.9 Å². The van der Waals surface area contributed by atoms with Gasteiger partial charge < -0.3 is 4.98 Å². The molecule has 2 N–H and O–H groups in total. The molecule has 0 aliphatic carbocycles. The summed E-state index contributed by atoms with van der Waals surface area (Å²) in [4.78, 5) is 3.08. The van der Waals surface area contributed by atoms with Crippen molar-refractivity contribution in [2.75, 3.05) is 5.43 Å². The van der Waals surface area contributed by atoms with Crippen LogP contribution in [0, 0.1) is 11.3 Å². The number of hydrogen-bond acceptors (Lipinski definition) is 3. The zero-order chi connectivity index (χ0) is 13.8. The maximum Gasteiger partial charge on any atom is 0.127 e. The minimum atomic E-state index is 0.518. The smallest absolute Gasteiger partial charge is 0.127 e. The Bertz CT molecular complexity index is 794. The average molecular weight is 260 g/mol. The number of para-hydroxylation sites is 2. The van der Waals surface area contributed by atoms with Crippen molar-refractivity contribution in [1.82, 2.24) is 4.98 Å². The van der Waals surface area contributed by atoms with E-state index in [9.17, 15) is 5.26 Å². The van der Waals surface area contributed by atoms with Gasteiger partial charge in [0.15, 0.2) is 0 Å². The summed E-state index contributed by atoms with van der Waals surface area (Å²) in [6.07, 6.45) is 1.67. The number of hydrazone groups is 1. The number of hydrogen-bond donors (Lipinski definition) is 2. The lowest BCUT2D eigenvalue weighted by Gasteiger charge is -1.98. The minimum Gasteiger partial charge on any atom is -0.346 e. The average Bonchev–Trinajstić information content (AvgIpc) is 2.87. The topological polar surface area (TPSA) is 64.0 Å². The molecule has 0 saturated heterocycles. The van der Waals surface area contributed by atoms with E-state index in [1.807, 2.05) is 54.6 Å². The lowest BCUT2D eigenvalue weighted by molar-refractivity contribution is 1.34. The van der Waals surface area contributed by atoms with E-state index < -0.39 is 0 Å². The van der Waals surface area contributed by atoms with Crippen molar-refractivity contribution in [2.45, 2.75) is 0 Å². The molecule has 4 heteroatoms. The van der Waals surface area contributed by atoms with Gasteiger partial charge in [-0.2, -0.15) is 10.4 Å². The Balaban J connectivity index is 1.92. The summed E-state index contributed by atoms with van der Waals surface area (Å²) < 4.78 is 0. The van der Waals surface area contributed by atoms with E-state index in [4.69, 9.17) is 0 Å². The van der Waals surface area contributed by atoms with Gasteiger partial charge in [0.1, 0.15) is 11.8 Å². The highest BCUT2D eigenvalue weighted by molar-refractivity contribution is 6.01. The second-order valence-electron chi connectivity index (χ2n) is 4.31. The molecule has 0 bridgehead atoms. The second-order valence-corrected chi connectivity index (χ2v) is 4.31. The molecule has 0 atom stereocenters. The predicted molar refractivity (Wildman–Crippen MR) is 80.7 cm³/mol. The molecule has 0 unspecified atom stereocenters. The number of H-pyrrole nitrogens is 1. The van der Waals surface area contributed by atoms with E-state index in [1.165, 1.54) is 0 Å². The first-order valence-electron chi connectivity index (χ1n) is 6.23. The van der Waals surface area contributed by atoms with Crippen LogP contribution >= 0.6 is 0 Å². The summed E-state index contributed by atoms with van der Waals surface area (Å²) in [6.45, 7) is 0. The molecular formula is C16H12N4. The molecule has 0 saturated carbocycles. The largest absolute Gasteiger partial charge is 0.346 e. The molecule has 0 fully saturated rings. The van der Waals surface area contributed by atoms with Crippen molar-refractivity contribution in [3.8, 4) is 6.07 Å². The van der Waals surface area contributed by atoms with Crippen LogP contribution in [0.3, 0.4) is 0 Å². The van der Waals surface area contributed by atoms with Crippen molar-refractivity contribution < 1.29 is 0 Å². The van der Waals surface area contributed by atoms with Gasteiger partial charge in [-0.3, -0.25) is 5.43 Å². The molecule has 0 aliphatic heterocycles. The Labute approximate surface area is 116 Å². The third kappa shape index (κ3) is 2.25. The summed E-state index contributed by atoms with van der Waals surface area (Å²) in [5.74, 6) is 0. The van der Waals surface area contributed by atoms with E-state index in [1.54, 1.807) is 6.21 Å². The van der Waals surface area contributed by atoms with Gasteiger partial charge in [-0.15, -0.1) is 0 Å². The third-order valence-corrected chi connectivity index (χ3v) is 3.02. The van der Waals surface area contributed by atoms with Gasteiger partial charge in [-0.1, -0.05) is 36.4 Å². The molecule has 4 nitrogen and oxygen atoms in total. The van der Waals surface area contributed by atoms with Gasteiger partial charge in [0.2, 0.25) is 0 Å². The minimum absolute atomic E-state index is 0.518. The zero-order valence-corrected chi connectivity index (χ0v) is 10.7. The highest BCUT2D eigenvalue weighted by Gasteiger charge is 2.08. The number of nitrogens with one attached hydrogen (secondary N) is 2. The summed E-state index contributed by atoms with van der Waals surface area (Å²) in [5, 5.41) is 14.4. The highest BCUT2D eigenvalue weighted by atomic mass is 15.3. The molecule has 20 heavy (non-hydrogen) atoms. The van der Waals surface area contributed by atoms with Gasteiger partial charge in [0, 0.05) is 16.5 Å². The van der Waals surface area contributed by atoms with Gasteiger partial charge in [0.25, 0.3) is 0 Å². The van der Waals surface area contributed by atoms with Crippen LogP contribution in [0.1, 0.15) is 11.3 Å². The van der Waals surface area contributed by atoms with Crippen molar-refractivity contribution >= 4 is 22.8 Å². The van der Waals surface area contributed by atoms with Crippen LogP contribution in [-0.2, 0) is 0 Å². The molecule has 0 radical (unpaired) electrons. The summed E-state index contributed by atoms with van der Waals surface area (Å²) >= 11 is 0. The quantitative estimate of drug-likeness (QED) is 0.559. The first-order valence-corrected chi connectivity index (χ1v) is 6.23.